The van der Waals surface area contributed by atoms with E-state index in [1.165, 1.54) is 41.3 Å². The molecule has 9 heteroatoms. The number of carbonyl (C=O) groups is 1. The number of phenolic OH excluding ortho intramolecular Hbond substituents is 2. The van der Waals surface area contributed by atoms with Gasteiger partial charge in [0, 0.05) is 29.3 Å². The number of aromatic hydroxyl groups is 2. The number of nitrogens with zero attached hydrogens (tertiary/aromatic N) is 1. The first-order valence-electron chi connectivity index (χ1n) is 10.5. The standard InChI is InChI=1S/C25H23BrN2O5S/c1-28(25(31)11-6-18-14-23(29)24(30)15-22(18)26)20-7-9-21(10-8-20)34(32,33)27-19-12-16-4-2-3-5-17(16)13-19/h2-11,14-15,19,27,29-30H,12-13H2,1H3/b11-6+. The van der Waals surface area contributed by atoms with E-state index in [1.807, 2.05) is 24.3 Å². The monoisotopic (exact) mass is 542 g/mol. The zero-order valence-electron chi connectivity index (χ0n) is 18.3. The van der Waals surface area contributed by atoms with Crippen molar-refractivity contribution >= 4 is 43.6 Å². The van der Waals surface area contributed by atoms with Gasteiger partial charge in [-0.1, -0.05) is 40.2 Å². The van der Waals surface area contributed by atoms with E-state index in [4.69, 9.17) is 0 Å². The summed E-state index contributed by atoms with van der Waals surface area (Å²) in [4.78, 5) is 14.1. The lowest BCUT2D eigenvalue weighted by Crippen LogP contribution is -2.35. The third kappa shape index (κ3) is 5.16. The highest BCUT2D eigenvalue weighted by Gasteiger charge is 2.26. The van der Waals surface area contributed by atoms with Gasteiger partial charge in [0.2, 0.25) is 10.0 Å². The van der Waals surface area contributed by atoms with Gasteiger partial charge in [0.05, 0.1) is 4.90 Å². The van der Waals surface area contributed by atoms with Crippen molar-refractivity contribution in [3.05, 3.63) is 87.9 Å². The Kier molecular flexibility index (Phi) is 6.79. The zero-order valence-corrected chi connectivity index (χ0v) is 20.7. The number of sulfonamides is 1. The van der Waals surface area contributed by atoms with Crippen LogP contribution in [0.2, 0.25) is 0 Å². The molecular formula is C25H23BrN2O5S. The van der Waals surface area contributed by atoms with Crippen molar-refractivity contribution < 1.29 is 23.4 Å². The molecule has 1 aliphatic rings. The van der Waals surface area contributed by atoms with Gasteiger partial charge >= 0.3 is 0 Å². The van der Waals surface area contributed by atoms with Gasteiger partial charge in [0.25, 0.3) is 5.91 Å². The Morgan fingerprint density at radius 1 is 1.03 bits per heavy atom. The van der Waals surface area contributed by atoms with E-state index in [0.717, 1.165) is 11.1 Å². The van der Waals surface area contributed by atoms with Crippen molar-refractivity contribution in [2.75, 3.05) is 11.9 Å². The third-order valence-electron chi connectivity index (χ3n) is 5.74. The van der Waals surface area contributed by atoms with E-state index in [2.05, 4.69) is 20.7 Å². The number of likely N-dealkylation sites (N-methyl/N-ethyl adjacent to an activating group) is 1. The highest BCUT2D eigenvalue weighted by atomic mass is 79.9. The van der Waals surface area contributed by atoms with Crippen LogP contribution in [0.4, 0.5) is 5.69 Å². The number of phenols is 2. The number of hydrogen-bond donors (Lipinski definition) is 3. The first kappa shape index (κ1) is 24.0. The highest BCUT2D eigenvalue weighted by molar-refractivity contribution is 9.10. The molecule has 0 saturated carbocycles. The Balaban J connectivity index is 1.42. The lowest BCUT2D eigenvalue weighted by Gasteiger charge is -2.17. The Bertz CT molecular complexity index is 1350. The molecule has 0 unspecified atom stereocenters. The maximum Gasteiger partial charge on any atom is 0.250 e. The number of halogens is 1. The largest absolute Gasteiger partial charge is 0.504 e. The summed E-state index contributed by atoms with van der Waals surface area (Å²) < 4.78 is 29.0. The van der Waals surface area contributed by atoms with Crippen molar-refractivity contribution in [3.8, 4) is 11.5 Å². The van der Waals surface area contributed by atoms with Crippen LogP contribution < -0.4 is 9.62 Å². The van der Waals surface area contributed by atoms with E-state index in [0.29, 0.717) is 28.6 Å². The minimum atomic E-state index is -3.70. The lowest BCUT2D eigenvalue weighted by molar-refractivity contribution is -0.113. The zero-order chi connectivity index (χ0) is 24.5. The minimum Gasteiger partial charge on any atom is -0.504 e. The molecule has 7 nitrogen and oxygen atoms in total. The molecule has 3 N–H and O–H groups in total. The predicted molar refractivity (Wildman–Crippen MR) is 134 cm³/mol. The normalized spacial score (nSPS) is 13.8. The molecule has 0 heterocycles. The Morgan fingerprint density at radius 2 is 1.62 bits per heavy atom. The summed E-state index contributed by atoms with van der Waals surface area (Å²) in [6, 6.07) is 16.5. The van der Waals surface area contributed by atoms with Crippen LogP contribution in [0.1, 0.15) is 16.7 Å². The average Bonchev–Trinajstić information content (AvgIpc) is 3.21. The molecule has 0 fully saturated rings. The summed E-state index contributed by atoms with van der Waals surface area (Å²) in [5.74, 6) is -0.915. The molecule has 0 bridgehead atoms. The van der Waals surface area contributed by atoms with Gasteiger partial charge in [-0.2, -0.15) is 0 Å². The van der Waals surface area contributed by atoms with Crippen LogP contribution in [0.3, 0.4) is 0 Å². The van der Waals surface area contributed by atoms with E-state index in [9.17, 15) is 23.4 Å². The molecule has 0 saturated heterocycles. The number of amides is 1. The number of anilines is 1. The summed E-state index contributed by atoms with van der Waals surface area (Å²) in [6.45, 7) is 0. The second kappa shape index (κ2) is 9.61. The van der Waals surface area contributed by atoms with Gasteiger partial charge < -0.3 is 15.1 Å². The maximum atomic E-state index is 12.9. The van der Waals surface area contributed by atoms with Crippen LogP contribution in [0, 0.1) is 0 Å². The first-order chi connectivity index (χ1) is 16.1. The summed E-state index contributed by atoms with van der Waals surface area (Å²) in [7, 11) is -2.12. The average molecular weight is 543 g/mol. The Labute approximate surface area is 206 Å². The van der Waals surface area contributed by atoms with E-state index in [-0.39, 0.29) is 28.3 Å². The molecule has 0 radical (unpaired) electrons. The van der Waals surface area contributed by atoms with Gasteiger partial charge in [0.15, 0.2) is 11.5 Å². The highest BCUT2D eigenvalue weighted by Crippen LogP contribution is 2.32. The number of benzene rings is 3. The van der Waals surface area contributed by atoms with Crippen LogP contribution in [0.15, 0.2) is 76.1 Å². The number of fused-ring (bicyclic) bond motifs is 1. The molecule has 0 spiro atoms. The Hall–Kier alpha value is -3.14. The predicted octanol–water partition coefficient (Wildman–Crippen LogP) is 3.98. The molecule has 0 atom stereocenters. The summed E-state index contributed by atoms with van der Waals surface area (Å²) >= 11 is 3.27. The third-order valence-corrected chi connectivity index (χ3v) is 7.96. The number of nitrogens with one attached hydrogen (secondary N) is 1. The molecule has 0 aliphatic heterocycles. The minimum absolute atomic E-state index is 0.132. The summed E-state index contributed by atoms with van der Waals surface area (Å²) in [5, 5.41) is 19.2. The SMILES string of the molecule is CN(C(=O)/C=C/c1cc(O)c(O)cc1Br)c1ccc(S(=O)(=O)NC2Cc3ccccc3C2)cc1. The lowest BCUT2D eigenvalue weighted by atomic mass is 10.1. The van der Waals surface area contributed by atoms with Gasteiger partial charge in [-0.05, 0) is 72.0 Å². The number of hydrogen-bond acceptors (Lipinski definition) is 5. The second-order valence-electron chi connectivity index (χ2n) is 8.08. The molecule has 0 aromatic heterocycles. The quantitative estimate of drug-likeness (QED) is 0.322. The van der Waals surface area contributed by atoms with Crippen molar-refractivity contribution in [3.63, 3.8) is 0 Å². The molecule has 1 amide bonds. The molecule has 1 aliphatic carbocycles. The van der Waals surface area contributed by atoms with Crippen LogP contribution >= 0.6 is 15.9 Å². The number of carbonyl (C=O) groups excluding carboxylic acids is 1. The van der Waals surface area contributed by atoms with E-state index < -0.39 is 10.0 Å². The van der Waals surface area contributed by atoms with Crippen molar-refractivity contribution in [1.82, 2.24) is 4.72 Å². The summed E-state index contributed by atoms with van der Waals surface area (Å²) in [5.41, 5.74) is 3.36. The second-order valence-corrected chi connectivity index (χ2v) is 10.7. The van der Waals surface area contributed by atoms with Crippen LogP contribution in [-0.2, 0) is 27.7 Å². The molecule has 3 aromatic carbocycles. The van der Waals surface area contributed by atoms with Gasteiger partial charge in [-0.15, -0.1) is 0 Å². The topological polar surface area (TPSA) is 107 Å². The van der Waals surface area contributed by atoms with Gasteiger partial charge in [-0.25, -0.2) is 13.1 Å². The fourth-order valence-corrected chi connectivity index (χ4v) is 5.57. The molecule has 4 rings (SSSR count). The fourth-order valence-electron chi connectivity index (χ4n) is 3.87. The van der Waals surface area contributed by atoms with Gasteiger partial charge in [0.1, 0.15) is 0 Å². The molecule has 176 valence electrons. The van der Waals surface area contributed by atoms with E-state index in [1.54, 1.807) is 19.2 Å². The molecule has 3 aromatic rings. The first-order valence-corrected chi connectivity index (χ1v) is 12.8. The number of rotatable bonds is 6. The van der Waals surface area contributed by atoms with Crippen molar-refractivity contribution in [2.24, 2.45) is 0 Å². The Morgan fingerprint density at radius 3 is 2.24 bits per heavy atom. The molecule has 34 heavy (non-hydrogen) atoms. The van der Waals surface area contributed by atoms with Crippen molar-refractivity contribution in [1.29, 1.82) is 0 Å². The smallest absolute Gasteiger partial charge is 0.250 e. The van der Waals surface area contributed by atoms with Crippen LogP contribution in [0.25, 0.3) is 6.08 Å². The van der Waals surface area contributed by atoms with Crippen LogP contribution in [0.5, 0.6) is 11.5 Å². The fraction of sp³-hybridized carbons (Fsp3) is 0.160. The van der Waals surface area contributed by atoms with E-state index >= 15 is 0 Å². The molecular weight excluding hydrogens is 520 g/mol. The maximum absolute atomic E-state index is 12.9. The van der Waals surface area contributed by atoms with Crippen molar-refractivity contribution in [2.45, 2.75) is 23.8 Å². The van der Waals surface area contributed by atoms with Gasteiger partial charge in [-0.3, -0.25) is 4.79 Å². The van der Waals surface area contributed by atoms with Crippen LogP contribution in [-0.4, -0.2) is 37.6 Å². The summed E-state index contributed by atoms with van der Waals surface area (Å²) in [6.07, 6.45) is 4.14.